The number of benzene rings is 1. The van der Waals surface area contributed by atoms with E-state index in [0.717, 1.165) is 31.6 Å². The molecule has 0 radical (unpaired) electrons. The second-order valence-corrected chi connectivity index (χ2v) is 5.29. The van der Waals surface area contributed by atoms with Gasteiger partial charge in [-0.2, -0.15) is 0 Å². The minimum absolute atomic E-state index is 0.175. The van der Waals surface area contributed by atoms with Crippen LogP contribution in [0.3, 0.4) is 0 Å². The number of hydrogen-bond acceptors (Lipinski definition) is 6. The number of carbonyl (C=O) groups excluding carboxylic acids is 1. The van der Waals surface area contributed by atoms with E-state index < -0.39 is 0 Å². The van der Waals surface area contributed by atoms with E-state index in [1.54, 1.807) is 30.3 Å². The van der Waals surface area contributed by atoms with E-state index in [9.17, 15) is 9.90 Å². The molecule has 0 spiro atoms. The molecule has 120 valence electrons. The number of aromatic hydroxyl groups is 1. The van der Waals surface area contributed by atoms with Gasteiger partial charge in [0, 0.05) is 31.3 Å². The Kier molecular flexibility index (Phi) is 4.56. The highest BCUT2D eigenvalue weighted by Crippen LogP contribution is 2.22. The number of carbonyl (C=O) groups is 1. The zero-order valence-corrected chi connectivity index (χ0v) is 12.6. The van der Waals surface area contributed by atoms with Crippen LogP contribution in [0.1, 0.15) is 16.9 Å². The summed E-state index contributed by atoms with van der Waals surface area (Å²) in [6.45, 7) is 3.25. The van der Waals surface area contributed by atoms with Crippen LogP contribution in [0.15, 0.2) is 39.8 Å². The van der Waals surface area contributed by atoms with Crippen molar-refractivity contribution in [2.75, 3.05) is 26.2 Å². The van der Waals surface area contributed by atoms with Gasteiger partial charge in [0.2, 0.25) is 0 Å². The molecule has 1 aliphatic heterocycles. The quantitative estimate of drug-likeness (QED) is 0.789. The first-order valence-corrected chi connectivity index (χ1v) is 7.51. The van der Waals surface area contributed by atoms with E-state index >= 15 is 0 Å². The van der Waals surface area contributed by atoms with Crippen molar-refractivity contribution in [3.05, 3.63) is 36.0 Å². The van der Waals surface area contributed by atoms with Crippen LogP contribution in [-0.4, -0.2) is 53.6 Å². The summed E-state index contributed by atoms with van der Waals surface area (Å²) in [5.41, 5.74) is 0.999. The lowest BCUT2D eigenvalue weighted by atomic mass is 10.1. The van der Waals surface area contributed by atoms with Gasteiger partial charge in [0.15, 0.2) is 11.5 Å². The van der Waals surface area contributed by atoms with Crippen molar-refractivity contribution in [1.29, 1.82) is 0 Å². The summed E-state index contributed by atoms with van der Waals surface area (Å²) in [5.74, 6) is 0.409. The molecule has 1 aromatic carbocycles. The van der Waals surface area contributed by atoms with Crippen LogP contribution >= 0.6 is 0 Å². The van der Waals surface area contributed by atoms with Gasteiger partial charge in [-0.3, -0.25) is 9.79 Å². The van der Waals surface area contributed by atoms with Crippen molar-refractivity contribution in [2.24, 2.45) is 4.99 Å². The Morgan fingerprint density at radius 2 is 2.17 bits per heavy atom. The van der Waals surface area contributed by atoms with Crippen molar-refractivity contribution in [3.8, 4) is 17.1 Å². The maximum atomic E-state index is 12.0. The zero-order chi connectivity index (χ0) is 16.1. The molecule has 2 aromatic rings. The predicted octanol–water partition coefficient (Wildman–Crippen LogP) is 1.51. The highest BCUT2D eigenvalue weighted by molar-refractivity contribution is 5.93. The molecule has 7 heteroatoms. The number of amides is 1. The number of rotatable bonds is 6. The number of hydrogen-bond donors (Lipinski definition) is 2. The van der Waals surface area contributed by atoms with Gasteiger partial charge in [0.1, 0.15) is 5.75 Å². The molecule has 2 heterocycles. The first-order valence-electron chi connectivity index (χ1n) is 7.51. The van der Waals surface area contributed by atoms with E-state index in [-0.39, 0.29) is 17.4 Å². The maximum Gasteiger partial charge on any atom is 0.273 e. The van der Waals surface area contributed by atoms with E-state index in [1.165, 1.54) is 0 Å². The van der Waals surface area contributed by atoms with Crippen molar-refractivity contribution >= 4 is 12.2 Å². The van der Waals surface area contributed by atoms with Gasteiger partial charge in [-0.1, -0.05) is 5.16 Å². The number of aliphatic imine (C=N–C) groups is 1. The molecule has 1 aromatic heterocycles. The average molecular weight is 314 g/mol. The summed E-state index contributed by atoms with van der Waals surface area (Å²) in [5, 5.41) is 15.9. The molecule has 0 fully saturated rings. The number of phenolic OH excluding ortho intramolecular Hbond substituents is 1. The SMILES string of the molecule is O=C(NCCCN1C=NCC1)c1cc(-c2ccc(O)cc2)on1. The second kappa shape index (κ2) is 6.95. The van der Waals surface area contributed by atoms with Crippen LogP contribution in [0.4, 0.5) is 0 Å². The van der Waals surface area contributed by atoms with Crippen LogP contribution in [0.5, 0.6) is 5.75 Å². The van der Waals surface area contributed by atoms with Crippen LogP contribution in [0, 0.1) is 0 Å². The first-order chi connectivity index (χ1) is 11.2. The Bertz CT molecular complexity index is 694. The Labute approximate surface area is 133 Å². The minimum Gasteiger partial charge on any atom is -0.508 e. The van der Waals surface area contributed by atoms with E-state index in [4.69, 9.17) is 4.52 Å². The predicted molar refractivity (Wildman–Crippen MR) is 85.5 cm³/mol. The van der Waals surface area contributed by atoms with Crippen LogP contribution < -0.4 is 5.32 Å². The monoisotopic (exact) mass is 314 g/mol. The summed E-state index contributed by atoms with van der Waals surface area (Å²) < 4.78 is 5.18. The molecule has 1 amide bonds. The molecule has 0 aliphatic carbocycles. The molecule has 0 atom stereocenters. The lowest BCUT2D eigenvalue weighted by molar-refractivity contribution is 0.0943. The van der Waals surface area contributed by atoms with Gasteiger partial charge in [0.25, 0.3) is 5.91 Å². The normalized spacial score (nSPS) is 13.5. The summed E-state index contributed by atoms with van der Waals surface area (Å²) in [6.07, 6.45) is 2.70. The average Bonchev–Trinajstić information content (AvgIpc) is 3.24. The summed E-state index contributed by atoms with van der Waals surface area (Å²) in [6, 6.07) is 8.11. The van der Waals surface area contributed by atoms with Gasteiger partial charge in [-0.25, -0.2) is 0 Å². The summed E-state index contributed by atoms with van der Waals surface area (Å²) in [7, 11) is 0. The minimum atomic E-state index is -0.256. The number of nitrogens with zero attached hydrogens (tertiary/aromatic N) is 3. The molecule has 0 saturated carbocycles. The van der Waals surface area contributed by atoms with Crippen molar-refractivity contribution in [2.45, 2.75) is 6.42 Å². The Morgan fingerprint density at radius 1 is 1.35 bits per heavy atom. The van der Waals surface area contributed by atoms with E-state index in [1.807, 2.05) is 6.34 Å². The molecule has 23 heavy (non-hydrogen) atoms. The van der Waals surface area contributed by atoms with Gasteiger partial charge in [-0.05, 0) is 30.7 Å². The van der Waals surface area contributed by atoms with Crippen molar-refractivity contribution in [3.63, 3.8) is 0 Å². The van der Waals surface area contributed by atoms with Crippen LogP contribution in [-0.2, 0) is 0 Å². The molecule has 1 aliphatic rings. The Balaban J connectivity index is 1.49. The lowest BCUT2D eigenvalue weighted by Gasteiger charge is -2.13. The van der Waals surface area contributed by atoms with Gasteiger partial charge in [0.05, 0.1) is 12.9 Å². The highest BCUT2D eigenvalue weighted by atomic mass is 16.5. The van der Waals surface area contributed by atoms with Crippen molar-refractivity contribution < 1.29 is 14.4 Å². The number of phenols is 1. The van der Waals surface area contributed by atoms with Gasteiger partial charge < -0.3 is 19.8 Å². The largest absolute Gasteiger partial charge is 0.508 e. The smallest absolute Gasteiger partial charge is 0.273 e. The molecular weight excluding hydrogens is 296 g/mol. The summed E-state index contributed by atoms with van der Waals surface area (Å²) >= 11 is 0. The molecule has 7 nitrogen and oxygen atoms in total. The van der Waals surface area contributed by atoms with Crippen LogP contribution in [0.25, 0.3) is 11.3 Å². The standard InChI is InChI=1S/C16H18N4O3/c21-13-4-2-12(3-5-13)15-10-14(19-23-15)16(22)18-6-1-8-20-9-7-17-11-20/h2-5,10-11,21H,1,6-9H2,(H,18,22). The molecule has 0 saturated heterocycles. The molecule has 3 rings (SSSR count). The molecule has 2 N–H and O–H groups in total. The fourth-order valence-corrected chi connectivity index (χ4v) is 2.31. The maximum absolute atomic E-state index is 12.0. The van der Waals surface area contributed by atoms with Gasteiger partial charge >= 0.3 is 0 Å². The highest BCUT2D eigenvalue weighted by Gasteiger charge is 2.13. The molecular formula is C16H18N4O3. The van der Waals surface area contributed by atoms with Crippen LogP contribution in [0.2, 0.25) is 0 Å². The zero-order valence-electron chi connectivity index (χ0n) is 12.6. The second-order valence-electron chi connectivity index (χ2n) is 5.29. The number of aromatic nitrogens is 1. The third-order valence-corrected chi connectivity index (χ3v) is 3.56. The van der Waals surface area contributed by atoms with Gasteiger partial charge in [-0.15, -0.1) is 0 Å². The van der Waals surface area contributed by atoms with E-state index in [2.05, 4.69) is 20.4 Å². The topological polar surface area (TPSA) is 91.0 Å². The fraction of sp³-hybridized carbons (Fsp3) is 0.312. The first kappa shape index (κ1) is 15.1. The third-order valence-electron chi connectivity index (χ3n) is 3.56. The summed E-state index contributed by atoms with van der Waals surface area (Å²) in [4.78, 5) is 18.3. The lowest BCUT2D eigenvalue weighted by Crippen LogP contribution is -2.28. The third kappa shape index (κ3) is 3.88. The van der Waals surface area contributed by atoms with E-state index in [0.29, 0.717) is 12.3 Å². The number of nitrogens with one attached hydrogen (secondary N) is 1. The Morgan fingerprint density at radius 3 is 2.91 bits per heavy atom. The fourth-order valence-electron chi connectivity index (χ4n) is 2.31. The molecule has 0 unspecified atom stereocenters. The van der Waals surface area contributed by atoms with Crippen molar-refractivity contribution in [1.82, 2.24) is 15.4 Å². The Hall–Kier alpha value is -2.83. The molecule has 0 bridgehead atoms.